The van der Waals surface area contributed by atoms with Crippen molar-refractivity contribution in [3.63, 3.8) is 0 Å². The number of ether oxygens (including phenoxy) is 1. The van der Waals surface area contributed by atoms with Gasteiger partial charge >= 0.3 is 5.97 Å². The molecule has 1 amide bonds. The first kappa shape index (κ1) is 16.8. The van der Waals surface area contributed by atoms with Gasteiger partial charge in [-0.3, -0.25) is 9.69 Å². The van der Waals surface area contributed by atoms with Crippen LogP contribution in [-0.4, -0.2) is 36.5 Å². The number of rotatable bonds is 5. The van der Waals surface area contributed by atoms with Crippen LogP contribution in [0.5, 0.6) is 0 Å². The Morgan fingerprint density at radius 2 is 2.18 bits per heavy atom. The number of hydrogen-bond donors (Lipinski definition) is 1. The fraction of sp³-hybridized carbons (Fsp3) is 0.500. The maximum Gasteiger partial charge on any atom is 0.337 e. The zero-order chi connectivity index (χ0) is 16.1. The summed E-state index contributed by atoms with van der Waals surface area (Å²) in [5.74, 6) is -0.670. The number of nitrogens with zero attached hydrogens (tertiary/aromatic N) is 1. The van der Waals surface area contributed by atoms with E-state index in [9.17, 15) is 9.59 Å². The molecule has 1 fully saturated rings. The number of amides is 1. The molecule has 0 bridgehead atoms. The molecule has 0 aromatic heterocycles. The zero-order valence-corrected chi connectivity index (χ0v) is 13.4. The summed E-state index contributed by atoms with van der Waals surface area (Å²) in [7, 11) is 1.35. The van der Waals surface area contributed by atoms with Gasteiger partial charge in [0.25, 0.3) is 0 Å². The Bertz CT molecular complexity index is 562. The van der Waals surface area contributed by atoms with Crippen molar-refractivity contribution in [1.82, 2.24) is 4.90 Å². The van der Waals surface area contributed by atoms with Crippen LogP contribution in [0.4, 0.5) is 0 Å². The van der Waals surface area contributed by atoms with Crippen molar-refractivity contribution in [2.75, 3.05) is 13.7 Å². The highest BCUT2D eigenvalue weighted by atomic mass is 35.5. The molecule has 2 rings (SSSR count). The Labute approximate surface area is 135 Å². The molecule has 1 heterocycles. The molecule has 6 heteroatoms. The number of likely N-dealkylation sites (tertiary alicyclic amines) is 1. The summed E-state index contributed by atoms with van der Waals surface area (Å²) in [4.78, 5) is 25.1. The SMILES string of the molecule is COC(=O)c1ccc(Cl)c(CN2CCCCC2CC(N)=O)c1. The Hall–Kier alpha value is -1.59. The number of esters is 1. The number of benzene rings is 1. The minimum atomic E-state index is -0.384. The van der Waals surface area contributed by atoms with E-state index < -0.39 is 0 Å². The second kappa shape index (κ2) is 7.61. The van der Waals surface area contributed by atoms with E-state index in [1.54, 1.807) is 18.2 Å². The molecule has 1 aromatic rings. The quantitative estimate of drug-likeness (QED) is 0.844. The van der Waals surface area contributed by atoms with Crippen LogP contribution < -0.4 is 5.73 Å². The normalized spacial score (nSPS) is 18.9. The van der Waals surface area contributed by atoms with Crippen molar-refractivity contribution in [1.29, 1.82) is 0 Å². The minimum Gasteiger partial charge on any atom is -0.465 e. The Morgan fingerprint density at radius 1 is 1.41 bits per heavy atom. The Balaban J connectivity index is 2.16. The summed E-state index contributed by atoms with van der Waals surface area (Å²) in [6.45, 7) is 1.50. The third-order valence-corrected chi connectivity index (χ3v) is 4.39. The van der Waals surface area contributed by atoms with Crippen molar-refractivity contribution in [2.24, 2.45) is 5.73 Å². The highest BCUT2D eigenvalue weighted by molar-refractivity contribution is 6.31. The smallest absolute Gasteiger partial charge is 0.337 e. The van der Waals surface area contributed by atoms with Crippen molar-refractivity contribution in [2.45, 2.75) is 38.3 Å². The molecule has 1 aromatic carbocycles. The monoisotopic (exact) mass is 324 g/mol. The van der Waals surface area contributed by atoms with Crippen molar-refractivity contribution in [3.8, 4) is 0 Å². The van der Waals surface area contributed by atoms with Gasteiger partial charge in [-0.15, -0.1) is 0 Å². The molecule has 1 atom stereocenters. The second-order valence-corrected chi connectivity index (χ2v) is 6.00. The summed E-state index contributed by atoms with van der Waals surface area (Å²) in [5, 5.41) is 0.607. The van der Waals surface area contributed by atoms with Crippen LogP contribution in [0.25, 0.3) is 0 Å². The van der Waals surface area contributed by atoms with Gasteiger partial charge in [0.15, 0.2) is 0 Å². The predicted octanol–water partition coefficient (Wildman–Crippen LogP) is 2.36. The lowest BCUT2D eigenvalue weighted by Crippen LogP contribution is -2.41. The molecule has 2 N–H and O–H groups in total. The molecule has 0 spiro atoms. The first-order valence-electron chi connectivity index (χ1n) is 7.40. The summed E-state index contributed by atoms with van der Waals surface area (Å²) in [6, 6.07) is 5.25. The van der Waals surface area contributed by atoms with Gasteiger partial charge in [-0.25, -0.2) is 4.79 Å². The van der Waals surface area contributed by atoms with E-state index in [1.165, 1.54) is 7.11 Å². The summed E-state index contributed by atoms with van der Waals surface area (Å²) >= 11 is 6.25. The molecule has 1 aliphatic heterocycles. The van der Waals surface area contributed by atoms with E-state index in [4.69, 9.17) is 22.1 Å². The summed E-state index contributed by atoms with van der Waals surface area (Å²) in [6.07, 6.45) is 3.50. The fourth-order valence-electron chi connectivity index (χ4n) is 2.89. The van der Waals surface area contributed by atoms with Crippen LogP contribution in [0.2, 0.25) is 5.02 Å². The number of piperidine rings is 1. The lowest BCUT2D eigenvalue weighted by Gasteiger charge is -2.35. The molecular weight excluding hydrogens is 304 g/mol. The van der Waals surface area contributed by atoms with Gasteiger partial charge in [0.2, 0.25) is 5.91 Å². The van der Waals surface area contributed by atoms with Gasteiger partial charge in [0.05, 0.1) is 12.7 Å². The van der Waals surface area contributed by atoms with Crippen LogP contribution >= 0.6 is 11.6 Å². The van der Waals surface area contributed by atoms with E-state index >= 15 is 0 Å². The molecule has 0 radical (unpaired) electrons. The number of hydrogen-bond acceptors (Lipinski definition) is 4. The number of nitrogens with two attached hydrogens (primary N) is 1. The standard InChI is InChI=1S/C16H21ClN2O3/c1-22-16(21)11-5-6-14(17)12(8-11)10-19-7-3-2-4-13(19)9-15(18)20/h5-6,8,13H,2-4,7,9-10H2,1H3,(H2,18,20). The molecule has 0 saturated carbocycles. The van der Waals surface area contributed by atoms with Crippen molar-refractivity contribution in [3.05, 3.63) is 34.3 Å². The first-order valence-corrected chi connectivity index (χ1v) is 7.78. The number of carbonyl (C=O) groups excluding carboxylic acids is 2. The van der Waals surface area contributed by atoms with E-state index in [0.29, 0.717) is 23.6 Å². The largest absolute Gasteiger partial charge is 0.465 e. The molecule has 22 heavy (non-hydrogen) atoms. The van der Waals surface area contributed by atoms with Crippen LogP contribution in [-0.2, 0) is 16.1 Å². The topological polar surface area (TPSA) is 72.6 Å². The average molecular weight is 325 g/mol. The van der Waals surface area contributed by atoms with E-state index in [0.717, 1.165) is 31.4 Å². The average Bonchev–Trinajstić information content (AvgIpc) is 2.50. The maximum atomic E-state index is 11.6. The first-order chi connectivity index (χ1) is 10.5. The second-order valence-electron chi connectivity index (χ2n) is 5.59. The maximum absolute atomic E-state index is 11.6. The highest BCUT2D eigenvalue weighted by Crippen LogP contribution is 2.25. The van der Waals surface area contributed by atoms with Crippen molar-refractivity contribution >= 4 is 23.5 Å². The van der Waals surface area contributed by atoms with Gasteiger partial charge in [-0.1, -0.05) is 18.0 Å². The van der Waals surface area contributed by atoms with Crippen LogP contribution in [0.3, 0.4) is 0 Å². The molecule has 1 saturated heterocycles. The fourth-order valence-corrected chi connectivity index (χ4v) is 3.07. The van der Waals surface area contributed by atoms with Gasteiger partial charge in [0, 0.05) is 24.0 Å². The Morgan fingerprint density at radius 3 is 2.86 bits per heavy atom. The molecule has 0 aliphatic carbocycles. The lowest BCUT2D eigenvalue weighted by atomic mass is 9.98. The summed E-state index contributed by atoms with van der Waals surface area (Å²) in [5.41, 5.74) is 6.68. The summed E-state index contributed by atoms with van der Waals surface area (Å²) < 4.78 is 4.74. The predicted molar refractivity (Wildman–Crippen MR) is 84.7 cm³/mol. The van der Waals surface area contributed by atoms with E-state index in [2.05, 4.69) is 4.90 Å². The molecule has 1 unspecified atom stereocenters. The van der Waals surface area contributed by atoms with Gasteiger partial charge in [0.1, 0.15) is 0 Å². The van der Waals surface area contributed by atoms with Gasteiger partial charge in [-0.05, 0) is 43.1 Å². The van der Waals surface area contributed by atoms with Gasteiger partial charge < -0.3 is 10.5 Å². The van der Waals surface area contributed by atoms with E-state index in [-0.39, 0.29) is 17.9 Å². The van der Waals surface area contributed by atoms with Gasteiger partial charge in [-0.2, -0.15) is 0 Å². The number of methoxy groups -OCH3 is 1. The Kier molecular flexibility index (Phi) is 5.80. The molecular formula is C16H21ClN2O3. The number of halogens is 1. The third-order valence-electron chi connectivity index (χ3n) is 4.03. The van der Waals surface area contributed by atoms with Crippen LogP contribution in [0.1, 0.15) is 41.6 Å². The minimum absolute atomic E-state index is 0.143. The molecule has 5 nitrogen and oxygen atoms in total. The molecule has 120 valence electrons. The van der Waals surface area contributed by atoms with Crippen LogP contribution in [0, 0.1) is 0 Å². The third kappa shape index (κ3) is 4.21. The van der Waals surface area contributed by atoms with Crippen molar-refractivity contribution < 1.29 is 14.3 Å². The lowest BCUT2D eigenvalue weighted by molar-refractivity contribution is -0.119. The molecule has 1 aliphatic rings. The highest BCUT2D eigenvalue weighted by Gasteiger charge is 2.24. The zero-order valence-electron chi connectivity index (χ0n) is 12.7. The number of carbonyl (C=O) groups is 2. The van der Waals surface area contributed by atoms with E-state index in [1.807, 2.05) is 0 Å². The van der Waals surface area contributed by atoms with Crippen LogP contribution in [0.15, 0.2) is 18.2 Å². The number of primary amides is 1.